The Morgan fingerprint density at radius 2 is 1.74 bits per heavy atom. The first-order chi connectivity index (χ1) is 13.1. The van der Waals surface area contributed by atoms with Crippen molar-refractivity contribution >= 4 is 12.0 Å². The van der Waals surface area contributed by atoms with Crippen LogP contribution in [0.1, 0.15) is 19.4 Å². The number of carbonyl (C=O) groups is 1. The Hall–Kier alpha value is -3.65. The second kappa shape index (κ2) is 8.15. The van der Waals surface area contributed by atoms with Crippen LogP contribution in [-0.2, 0) is 9.53 Å². The van der Waals surface area contributed by atoms with Gasteiger partial charge in [0.1, 0.15) is 11.6 Å². The maximum atomic E-state index is 12.2. The summed E-state index contributed by atoms with van der Waals surface area (Å²) in [6.07, 6.45) is 3.03. The zero-order chi connectivity index (χ0) is 19.2. The number of aromatic nitrogens is 2. The molecular weight excluding hydrogens is 338 g/mol. The second-order valence-electron chi connectivity index (χ2n) is 6.20. The monoisotopic (exact) mass is 357 g/mol. The molecule has 3 aromatic rings. The minimum Gasteiger partial charge on any atom is -0.459 e. The van der Waals surface area contributed by atoms with Gasteiger partial charge in [0.05, 0.1) is 17.5 Å². The number of benzene rings is 2. The Morgan fingerprint density at radius 1 is 1.11 bits per heavy atom. The standard InChI is InChI=1S/C22H19N3O2/c1-16(2)27-22(26)18(14-23)13-19-15-25(20-11-7-4-8-12-20)24-21(19)17-9-5-3-6-10-17/h3-13,15-16H,1-2H3/b18-13+. The van der Waals surface area contributed by atoms with Gasteiger partial charge in [-0.1, -0.05) is 48.5 Å². The van der Waals surface area contributed by atoms with Gasteiger partial charge in [0.25, 0.3) is 0 Å². The summed E-state index contributed by atoms with van der Waals surface area (Å²) in [5.74, 6) is -0.640. The number of nitrogens with zero attached hydrogens (tertiary/aromatic N) is 3. The molecule has 0 saturated heterocycles. The first-order valence-electron chi connectivity index (χ1n) is 8.62. The number of carbonyl (C=O) groups excluding carboxylic acids is 1. The van der Waals surface area contributed by atoms with E-state index in [1.54, 1.807) is 24.7 Å². The van der Waals surface area contributed by atoms with E-state index >= 15 is 0 Å². The number of para-hydroxylation sites is 1. The number of esters is 1. The number of nitriles is 1. The third kappa shape index (κ3) is 4.31. The van der Waals surface area contributed by atoms with E-state index in [1.807, 2.05) is 66.7 Å². The van der Waals surface area contributed by atoms with Gasteiger partial charge in [-0.15, -0.1) is 0 Å². The number of ether oxygens (including phenoxy) is 1. The van der Waals surface area contributed by atoms with E-state index in [0.717, 1.165) is 11.3 Å². The Bertz CT molecular complexity index is 997. The summed E-state index contributed by atoms with van der Waals surface area (Å²) in [5.41, 5.74) is 3.07. The molecule has 0 fully saturated rings. The largest absolute Gasteiger partial charge is 0.459 e. The number of hydrogen-bond donors (Lipinski definition) is 0. The Morgan fingerprint density at radius 3 is 2.33 bits per heavy atom. The Labute approximate surface area is 158 Å². The SMILES string of the molecule is CC(C)OC(=O)/C(C#N)=C/c1cn(-c2ccccc2)nc1-c1ccccc1. The molecule has 0 atom stereocenters. The van der Waals surface area contributed by atoms with Crippen LogP contribution in [0.5, 0.6) is 0 Å². The second-order valence-corrected chi connectivity index (χ2v) is 6.20. The lowest BCUT2D eigenvalue weighted by Crippen LogP contribution is -2.12. The highest BCUT2D eigenvalue weighted by Crippen LogP contribution is 2.25. The summed E-state index contributed by atoms with van der Waals surface area (Å²) >= 11 is 0. The smallest absolute Gasteiger partial charge is 0.349 e. The van der Waals surface area contributed by atoms with Crippen molar-refractivity contribution in [1.82, 2.24) is 9.78 Å². The third-order valence-electron chi connectivity index (χ3n) is 3.79. The van der Waals surface area contributed by atoms with Gasteiger partial charge in [0.15, 0.2) is 0 Å². The molecule has 0 spiro atoms. The Kier molecular flexibility index (Phi) is 5.48. The third-order valence-corrected chi connectivity index (χ3v) is 3.79. The van der Waals surface area contributed by atoms with Crippen molar-refractivity contribution in [2.24, 2.45) is 0 Å². The van der Waals surface area contributed by atoms with Gasteiger partial charge in [-0.3, -0.25) is 0 Å². The van der Waals surface area contributed by atoms with E-state index < -0.39 is 5.97 Å². The molecule has 1 aromatic heterocycles. The van der Waals surface area contributed by atoms with E-state index in [9.17, 15) is 10.1 Å². The molecule has 0 N–H and O–H groups in total. The first-order valence-corrected chi connectivity index (χ1v) is 8.62. The predicted molar refractivity (Wildman–Crippen MR) is 104 cm³/mol. The quantitative estimate of drug-likeness (QED) is 0.386. The highest BCUT2D eigenvalue weighted by Gasteiger charge is 2.16. The van der Waals surface area contributed by atoms with Crippen LogP contribution >= 0.6 is 0 Å². The summed E-state index contributed by atoms with van der Waals surface area (Å²) in [6.45, 7) is 3.49. The van der Waals surface area contributed by atoms with Crippen molar-refractivity contribution in [3.8, 4) is 23.0 Å². The molecule has 0 aliphatic heterocycles. The zero-order valence-corrected chi connectivity index (χ0v) is 15.2. The Balaban J connectivity index is 2.10. The van der Waals surface area contributed by atoms with E-state index in [2.05, 4.69) is 5.10 Å². The highest BCUT2D eigenvalue weighted by molar-refractivity contribution is 5.98. The van der Waals surface area contributed by atoms with Crippen LogP contribution in [0, 0.1) is 11.3 Å². The normalized spacial score (nSPS) is 11.3. The van der Waals surface area contributed by atoms with Crippen LogP contribution in [0.25, 0.3) is 23.0 Å². The topological polar surface area (TPSA) is 67.9 Å². The van der Waals surface area contributed by atoms with E-state index in [-0.39, 0.29) is 11.7 Å². The summed E-state index contributed by atoms with van der Waals surface area (Å²) in [7, 11) is 0. The first kappa shape index (κ1) is 18.2. The van der Waals surface area contributed by atoms with Crippen LogP contribution in [0.4, 0.5) is 0 Å². The van der Waals surface area contributed by atoms with Crippen molar-refractivity contribution in [3.63, 3.8) is 0 Å². The molecule has 0 aliphatic carbocycles. The van der Waals surface area contributed by atoms with Crippen molar-refractivity contribution in [2.75, 3.05) is 0 Å². The summed E-state index contributed by atoms with van der Waals surface area (Å²) in [6, 6.07) is 21.2. The molecule has 0 bridgehead atoms. The number of rotatable bonds is 5. The molecule has 2 aromatic carbocycles. The van der Waals surface area contributed by atoms with E-state index in [0.29, 0.717) is 11.3 Å². The van der Waals surface area contributed by atoms with Crippen LogP contribution in [0.3, 0.4) is 0 Å². The molecule has 0 aliphatic rings. The van der Waals surface area contributed by atoms with Crippen molar-refractivity contribution in [3.05, 3.63) is 78.0 Å². The van der Waals surface area contributed by atoms with Gasteiger partial charge >= 0.3 is 5.97 Å². The molecule has 5 nitrogen and oxygen atoms in total. The minimum absolute atomic E-state index is 0.0616. The molecule has 3 rings (SSSR count). The molecular formula is C22H19N3O2. The average Bonchev–Trinajstić information content (AvgIpc) is 3.11. The van der Waals surface area contributed by atoms with Gasteiger partial charge < -0.3 is 4.74 Å². The van der Waals surface area contributed by atoms with Gasteiger partial charge in [0.2, 0.25) is 0 Å². The maximum Gasteiger partial charge on any atom is 0.349 e. The molecule has 0 amide bonds. The summed E-state index contributed by atoms with van der Waals surface area (Å²) < 4.78 is 6.89. The summed E-state index contributed by atoms with van der Waals surface area (Å²) in [4.78, 5) is 12.2. The molecule has 0 unspecified atom stereocenters. The lowest BCUT2D eigenvalue weighted by atomic mass is 10.1. The van der Waals surface area contributed by atoms with E-state index in [1.165, 1.54) is 6.08 Å². The predicted octanol–water partition coefficient (Wildman–Crippen LogP) is 4.40. The molecule has 27 heavy (non-hydrogen) atoms. The molecule has 1 heterocycles. The fraction of sp³-hybridized carbons (Fsp3) is 0.136. The van der Waals surface area contributed by atoms with Crippen LogP contribution in [0.15, 0.2) is 72.4 Å². The van der Waals surface area contributed by atoms with E-state index in [4.69, 9.17) is 4.74 Å². The van der Waals surface area contributed by atoms with Crippen molar-refractivity contribution in [2.45, 2.75) is 20.0 Å². The fourth-order valence-corrected chi connectivity index (χ4v) is 2.60. The van der Waals surface area contributed by atoms with Gasteiger partial charge in [0, 0.05) is 17.3 Å². The van der Waals surface area contributed by atoms with Crippen LogP contribution in [0.2, 0.25) is 0 Å². The molecule has 134 valence electrons. The summed E-state index contributed by atoms with van der Waals surface area (Å²) in [5, 5.41) is 14.1. The van der Waals surface area contributed by atoms with Crippen LogP contribution < -0.4 is 0 Å². The fourth-order valence-electron chi connectivity index (χ4n) is 2.60. The van der Waals surface area contributed by atoms with Gasteiger partial charge in [-0.2, -0.15) is 10.4 Å². The van der Waals surface area contributed by atoms with Crippen molar-refractivity contribution in [1.29, 1.82) is 5.26 Å². The van der Waals surface area contributed by atoms with Crippen LogP contribution in [-0.4, -0.2) is 21.9 Å². The van der Waals surface area contributed by atoms with Crippen molar-refractivity contribution < 1.29 is 9.53 Å². The molecule has 5 heteroatoms. The number of hydrogen-bond acceptors (Lipinski definition) is 4. The zero-order valence-electron chi connectivity index (χ0n) is 15.2. The average molecular weight is 357 g/mol. The lowest BCUT2D eigenvalue weighted by molar-refractivity contribution is -0.142. The minimum atomic E-state index is -0.640. The maximum absolute atomic E-state index is 12.2. The lowest BCUT2D eigenvalue weighted by Gasteiger charge is -2.06. The molecule has 0 radical (unpaired) electrons. The highest BCUT2D eigenvalue weighted by atomic mass is 16.5. The molecule has 0 saturated carbocycles. The van der Waals surface area contributed by atoms with Gasteiger partial charge in [-0.25, -0.2) is 9.48 Å². The van der Waals surface area contributed by atoms with Gasteiger partial charge in [-0.05, 0) is 32.1 Å².